The van der Waals surface area contributed by atoms with E-state index in [0.717, 1.165) is 17.1 Å². The van der Waals surface area contributed by atoms with E-state index in [4.69, 9.17) is 13.9 Å². The van der Waals surface area contributed by atoms with Crippen LogP contribution in [0.3, 0.4) is 0 Å². The molecule has 1 N–H and O–H groups in total. The molecule has 10 heteroatoms. The standard InChI is InChI=1S/C19H23N5O4S/c1-10-16(11(2)24(4)23-10)20-17(25)12(3)29-19-22-21-18(28-19)14-8-7-13(26-5)9-15(14)27-6/h7-9,12H,1-6H3,(H,20,25)/t12-/m0/s1. The van der Waals surface area contributed by atoms with E-state index in [1.54, 1.807) is 44.0 Å². The highest BCUT2D eigenvalue weighted by Crippen LogP contribution is 2.34. The molecule has 1 atom stereocenters. The summed E-state index contributed by atoms with van der Waals surface area (Å²) in [5.41, 5.74) is 3.02. The van der Waals surface area contributed by atoms with E-state index in [2.05, 4.69) is 20.6 Å². The molecule has 0 spiro atoms. The molecular formula is C19H23N5O4S. The van der Waals surface area contributed by atoms with Crippen molar-refractivity contribution >= 4 is 23.4 Å². The molecule has 3 rings (SSSR count). The van der Waals surface area contributed by atoms with Crippen LogP contribution in [-0.4, -0.2) is 45.4 Å². The number of ether oxygens (including phenoxy) is 2. The fraction of sp³-hybridized carbons (Fsp3) is 0.368. The minimum absolute atomic E-state index is 0.170. The number of hydrogen-bond acceptors (Lipinski definition) is 8. The molecule has 0 aliphatic heterocycles. The first-order valence-electron chi connectivity index (χ1n) is 8.87. The van der Waals surface area contributed by atoms with Crippen molar-refractivity contribution in [2.24, 2.45) is 7.05 Å². The third-order valence-electron chi connectivity index (χ3n) is 4.45. The van der Waals surface area contributed by atoms with E-state index in [1.165, 1.54) is 11.8 Å². The van der Waals surface area contributed by atoms with Crippen molar-refractivity contribution in [1.29, 1.82) is 0 Å². The summed E-state index contributed by atoms with van der Waals surface area (Å²) in [6, 6.07) is 5.30. The summed E-state index contributed by atoms with van der Waals surface area (Å²) in [6.07, 6.45) is 0. The summed E-state index contributed by atoms with van der Waals surface area (Å²) in [5.74, 6) is 1.35. The van der Waals surface area contributed by atoms with Gasteiger partial charge in [0.15, 0.2) is 0 Å². The molecule has 1 aromatic carbocycles. The van der Waals surface area contributed by atoms with E-state index < -0.39 is 5.25 Å². The van der Waals surface area contributed by atoms with Gasteiger partial charge in [0.25, 0.3) is 11.1 Å². The quantitative estimate of drug-likeness (QED) is 0.584. The predicted octanol–water partition coefficient (Wildman–Crippen LogP) is 3.22. The van der Waals surface area contributed by atoms with E-state index >= 15 is 0 Å². The third kappa shape index (κ3) is 4.37. The lowest BCUT2D eigenvalue weighted by Crippen LogP contribution is -2.23. The highest BCUT2D eigenvalue weighted by molar-refractivity contribution is 8.00. The van der Waals surface area contributed by atoms with Gasteiger partial charge in [0.2, 0.25) is 5.91 Å². The second-order valence-electron chi connectivity index (χ2n) is 6.36. The van der Waals surface area contributed by atoms with E-state index in [-0.39, 0.29) is 5.91 Å². The van der Waals surface area contributed by atoms with E-state index in [9.17, 15) is 4.79 Å². The molecule has 3 aromatic rings. The van der Waals surface area contributed by atoms with E-state index in [1.807, 2.05) is 20.9 Å². The van der Waals surface area contributed by atoms with Gasteiger partial charge in [-0.2, -0.15) is 5.10 Å². The second kappa shape index (κ2) is 8.56. The number of rotatable bonds is 7. The van der Waals surface area contributed by atoms with Crippen LogP contribution < -0.4 is 14.8 Å². The Hall–Kier alpha value is -3.01. The van der Waals surface area contributed by atoms with Crippen LogP contribution in [0.1, 0.15) is 18.3 Å². The van der Waals surface area contributed by atoms with Crippen LogP contribution in [0.25, 0.3) is 11.5 Å². The first kappa shape index (κ1) is 20.7. The number of thioether (sulfide) groups is 1. The zero-order valence-corrected chi connectivity index (χ0v) is 18.0. The lowest BCUT2D eigenvalue weighted by atomic mass is 10.2. The molecule has 2 heterocycles. The molecule has 0 radical (unpaired) electrons. The number of amides is 1. The SMILES string of the molecule is COc1ccc(-c2nnc(S[C@@H](C)C(=O)Nc3c(C)nn(C)c3C)o2)c(OC)c1. The molecule has 9 nitrogen and oxygen atoms in total. The van der Waals surface area contributed by atoms with Gasteiger partial charge in [0.05, 0.1) is 42.1 Å². The van der Waals surface area contributed by atoms with Crippen LogP contribution in [0.15, 0.2) is 27.8 Å². The Morgan fingerprint density at radius 3 is 2.62 bits per heavy atom. The predicted molar refractivity (Wildman–Crippen MR) is 109 cm³/mol. The van der Waals surface area contributed by atoms with Gasteiger partial charge in [0, 0.05) is 13.1 Å². The molecule has 0 aliphatic rings. The van der Waals surface area contributed by atoms with Gasteiger partial charge in [-0.3, -0.25) is 9.48 Å². The Bertz CT molecular complexity index is 1030. The number of benzene rings is 1. The number of hydrogen-bond donors (Lipinski definition) is 1. The van der Waals surface area contributed by atoms with Gasteiger partial charge >= 0.3 is 0 Å². The van der Waals surface area contributed by atoms with Crippen LogP contribution in [0.4, 0.5) is 5.69 Å². The first-order chi connectivity index (χ1) is 13.8. The summed E-state index contributed by atoms with van der Waals surface area (Å²) < 4.78 is 18.0. The van der Waals surface area contributed by atoms with Gasteiger partial charge in [-0.25, -0.2) is 0 Å². The summed E-state index contributed by atoms with van der Waals surface area (Å²) in [6.45, 7) is 5.53. The summed E-state index contributed by atoms with van der Waals surface area (Å²) in [5, 5.41) is 15.2. The Balaban J connectivity index is 1.72. The average Bonchev–Trinajstić information content (AvgIpc) is 3.27. The van der Waals surface area contributed by atoms with Crippen molar-refractivity contribution in [3.63, 3.8) is 0 Å². The number of anilines is 1. The van der Waals surface area contributed by atoms with E-state index in [0.29, 0.717) is 28.2 Å². The number of aryl methyl sites for hydroxylation is 2. The maximum atomic E-state index is 12.6. The molecule has 29 heavy (non-hydrogen) atoms. The summed E-state index contributed by atoms with van der Waals surface area (Å²) in [7, 11) is 4.97. The fourth-order valence-electron chi connectivity index (χ4n) is 2.73. The highest BCUT2D eigenvalue weighted by Gasteiger charge is 2.22. The number of aromatic nitrogens is 4. The van der Waals surface area contributed by atoms with Gasteiger partial charge in [0.1, 0.15) is 11.5 Å². The van der Waals surface area contributed by atoms with Crippen LogP contribution in [0.5, 0.6) is 11.5 Å². The molecule has 0 bridgehead atoms. The number of nitrogens with zero attached hydrogens (tertiary/aromatic N) is 4. The number of nitrogens with one attached hydrogen (secondary N) is 1. The van der Waals surface area contributed by atoms with Gasteiger partial charge in [-0.1, -0.05) is 11.8 Å². The van der Waals surface area contributed by atoms with Crippen molar-refractivity contribution in [2.45, 2.75) is 31.2 Å². The van der Waals surface area contributed by atoms with Crippen LogP contribution >= 0.6 is 11.8 Å². The minimum atomic E-state index is -0.444. The maximum Gasteiger partial charge on any atom is 0.277 e. The summed E-state index contributed by atoms with van der Waals surface area (Å²) >= 11 is 1.18. The molecule has 0 saturated heterocycles. The molecule has 2 aromatic heterocycles. The second-order valence-corrected chi connectivity index (χ2v) is 7.65. The lowest BCUT2D eigenvalue weighted by molar-refractivity contribution is -0.115. The molecule has 154 valence electrons. The van der Waals surface area contributed by atoms with Gasteiger partial charge < -0.3 is 19.2 Å². The largest absolute Gasteiger partial charge is 0.497 e. The fourth-order valence-corrected chi connectivity index (χ4v) is 3.41. The topological polar surface area (TPSA) is 104 Å². The van der Waals surface area contributed by atoms with Crippen LogP contribution in [0.2, 0.25) is 0 Å². The average molecular weight is 417 g/mol. The number of carbonyl (C=O) groups is 1. The maximum absolute atomic E-state index is 12.6. The van der Waals surface area contributed by atoms with Crippen LogP contribution in [-0.2, 0) is 11.8 Å². The first-order valence-corrected chi connectivity index (χ1v) is 9.75. The Morgan fingerprint density at radius 2 is 2.00 bits per heavy atom. The van der Waals surface area contributed by atoms with Crippen molar-refractivity contribution in [3.05, 3.63) is 29.6 Å². The molecular weight excluding hydrogens is 394 g/mol. The van der Waals surface area contributed by atoms with Crippen LogP contribution in [0, 0.1) is 13.8 Å². The Kier molecular flexibility index (Phi) is 6.12. The summed E-state index contributed by atoms with van der Waals surface area (Å²) in [4.78, 5) is 12.6. The van der Waals surface area contributed by atoms with Gasteiger partial charge in [-0.05, 0) is 32.9 Å². The highest BCUT2D eigenvalue weighted by atomic mass is 32.2. The number of methoxy groups -OCH3 is 2. The van der Waals surface area contributed by atoms with Gasteiger partial charge in [-0.15, -0.1) is 10.2 Å². The zero-order chi connectivity index (χ0) is 21.1. The Morgan fingerprint density at radius 1 is 1.24 bits per heavy atom. The smallest absolute Gasteiger partial charge is 0.277 e. The Labute approximate surface area is 172 Å². The zero-order valence-electron chi connectivity index (χ0n) is 17.1. The lowest BCUT2D eigenvalue weighted by Gasteiger charge is -2.10. The van der Waals surface area contributed by atoms with Crippen molar-refractivity contribution in [3.8, 4) is 23.0 Å². The molecule has 0 aliphatic carbocycles. The molecule has 1 amide bonds. The molecule has 0 saturated carbocycles. The number of carbonyl (C=O) groups excluding carboxylic acids is 1. The normalized spacial score (nSPS) is 11.9. The minimum Gasteiger partial charge on any atom is -0.497 e. The van der Waals surface area contributed by atoms with Crippen molar-refractivity contribution in [1.82, 2.24) is 20.0 Å². The monoisotopic (exact) mass is 417 g/mol. The molecule has 0 fully saturated rings. The van der Waals surface area contributed by atoms with Crippen molar-refractivity contribution < 1.29 is 18.7 Å². The third-order valence-corrected chi connectivity index (χ3v) is 5.38. The van der Waals surface area contributed by atoms with Crippen molar-refractivity contribution in [2.75, 3.05) is 19.5 Å². The molecule has 0 unspecified atom stereocenters.